The van der Waals surface area contributed by atoms with Crippen LogP contribution in [0.4, 0.5) is 0 Å². The summed E-state index contributed by atoms with van der Waals surface area (Å²) in [6, 6.07) is 9.34. The van der Waals surface area contributed by atoms with Crippen LogP contribution in [0, 0.1) is 16.7 Å². The fourth-order valence-corrected chi connectivity index (χ4v) is 0.794. The molecule has 11 heavy (non-hydrogen) atoms. The fourth-order valence-electron chi connectivity index (χ4n) is 0.794. The van der Waals surface area contributed by atoms with Crippen molar-refractivity contribution in [2.75, 3.05) is 0 Å². The minimum Gasteiger partial charge on any atom is -0.295 e. The second-order valence-electron chi connectivity index (χ2n) is 2.16. The van der Waals surface area contributed by atoms with Crippen molar-refractivity contribution in [2.45, 2.75) is 6.42 Å². The molecule has 0 bridgehead atoms. The number of hydrogen-bond acceptors (Lipinski definition) is 2. The summed E-state index contributed by atoms with van der Waals surface area (Å²) in [4.78, 5) is 9.50. The van der Waals surface area contributed by atoms with Crippen molar-refractivity contribution < 1.29 is 4.92 Å². The molecule has 58 valence electrons. The minimum absolute atomic E-state index is 0.397. The minimum atomic E-state index is -0.424. The van der Waals surface area contributed by atoms with Crippen LogP contribution in [0.25, 0.3) is 0 Å². The summed E-state index contributed by atoms with van der Waals surface area (Å²) in [6.45, 7) is 1.05. The molecule has 0 N–H and O–H groups in total. The Labute approximate surface area is 64.8 Å². The van der Waals surface area contributed by atoms with Gasteiger partial charge < -0.3 is 0 Å². The van der Waals surface area contributed by atoms with Gasteiger partial charge in [-0.2, -0.15) is 0 Å². The average molecular weight is 150 g/mol. The van der Waals surface area contributed by atoms with Crippen LogP contribution in [0.3, 0.4) is 0 Å². The zero-order valence-corrected chi connectivity index (χ0v) is 5.93. The van der Waals surface area contributed by atoms with Gasteiger partial charge in [-0.15, -0.1) is 4.92 Å². The summed E-state index contributed by atoms with van der Waals surface area (Å²) < 4.78 is 0. The molecule has 0 unspecified atom stereocenters. The Morgan fingerprint density at radius 3 is 2.55 bits per heavy atom. The van der Waals surface area contributed by atoms with E-state index in [9.17, 15) is 10.1 Å². The monoisotopic (exact) mass is 150 g/mol. The topological polar surface area (TPSA) is 43.1 Å². The number of hydrogen-bond donors (Lipinski definition) is 0. The maximum absolute atomic E-state index is 9.92. The van der Waals surface area contributed by atoms with Crippen molar-refractivity contribution in [1.82, 2.24) is 0 Å². The van der Waals surface area contributed by atoms with Gasteiger partial charge in [0.1, 0.15) is 0 Å². The highest BCUT2D eigenvalue weighted by Crippen LogP contribution is 2.00. The molecule has 3 heteroatoms. The smallest absolute Gasteiger partial charge is 0.0541 e. The van der Waals surface area contributed by atoms with E-state index in [4.69, 9.17) is 0 Å². The molecule has 0 amide bonds. The van der Waals surface area contributed by atoms with E-state index >= 15 is 0 Å². The van der Waals surface area contributed by atoms with E-state index < -0.39 is 4.92 Å². The lowest BCUT2D eigenvalue weighted by atomic mass is 10.2. The molecule has 0 aliphatic rings. The van der Waals surface area contributed by atoms with Gasteiger partial charge in [0.2, 0.25) is 0 Å². The molecule has 0 aliphatic carbocycles. The first-order chi connectivity index (χ1) is 5.29. The van der Waals surface area contributed by atoms with Gasteiger partial charge in [-0.3, -0.25) is 10.1 Å². The number of nitro groups is 1. The summed E-state index contributed by atoms with van der Waals surface area (Å²) >= 11 is 0. The van der Waals surface area contributed by atoms with E-state index in [1.54, 1.807) is 0 Å². The van der Waals surface area contributed by atoms with E-state index in [1.165, 1.54) is 0 Å². The molecule has 0 aromatic heterocycles. The fraction of sp³-hybridized carbons (Fsp3) is 0.125. The SMILES string of the molecule is O=[N+]([O-])[CH-]Cc1ccccc1. The molecule has 1 aromatic carbocycles. The van der Waals surface area contributed by atoms with E-state index in [0.29, 0.717) is 6.42 Å². The molecular weight excluding hydrogens is 142 g/mol. The van der Waals surface area contributed by atoms with E-state index in [0.717, 1.165) is 12.1 Å². The van der Waals surface area contributed by atoms with Crippen molar-refractivity contribution in [2.24, 2.45) is 0 Å². The standard InChI is InChI=1S/C8H8NO2/c10-9(11)7-6-8-4-2-1-3-5-8/h1-5,7H,6H2/q-1. The predicted octanol–water partition coefficient (Wildman–Crippen LogP) is 1.67. The van der Waals surface area contributed by atoms with Crippen LogP contribution in [-0.4, -0.2) is 4.92 Å². The highest BCUT2D eigenvalue weighted by atomic mass is 16.6. The van der Waals surface area contributed by atoms with Crippen molar-refractivity contribution in [1.29, 1.82) is 0 Å². The molecular formula is C8H8NO2-. The van der Waals surface area contributed by atoms with Gasteiger partial charge in [-0.05, 0) is 0 Å². The first-order valence-electron chi connectivity index (χ1n) is 3.30. The molecule has 0 spiro atoms. The molecule has 0 saturated heterocycles. The van der Waals surface area contributed by atoms with Gasteiger partial charge in [0.05, 0.1) is 0 Å². The summed E-state index contributed by atoms with van der Waals surface area (Å²) in [5, 5.41) is 9.92. The first-order valence-corrected chi connectivity index (χ1v) is 3.30. The Kier molecular flexibility index (Phi) is 2.49. The van der Waals surface area contributed by atoms with Crippen LogP contribution < -0.4 is 0 Å². The van der Waals surface area contributed by atoms with E-state index in [2.05, 4.69) is 0 Å². The van der Waals surface area contributed by atoms with Crippen LogP contribution in [0.5, 0.6) is 0 Å². The van der Waals surface area contributed by atoms with Crippen LogP contribution >= 0.6 is 0 Å². The molecule has 0 atom stereocenters. The lowest BCUT2D eigenvalue weighted by Crippen LogP contribution is -1.96. The predicted molar refractivity (Wildman–Crippen MR) is 41.4 cm³/mol. The Bertz CT molecular complexity index is 233. The molecule has 1 rings (SSSR count). The highest BCUT2D eigenvalue weighted by molar-refractivity contribution is 5.15. The third-order valence-electron chi connectivity index (χ3n) is 1.32. The molecule has 3 nitrogen and oxygen atoms in total. The zero-order chi connectivity index (χ0) is 8.10. The number of nitrogens with zero attached hydrogens (tertiary/aromatic N) is 1. The van der Waals surface area contributed by atoms with Gasteiger partial charge in [-0.25, -0.2) is 0 Å². The molecule has 0 fully saturated rings. The number of benzene rings is 1. The second-order valence-corrected chi connectivity index (χ2v) is 2.16. The maximum Gasteiger partial charge on any atom is -0.0541 e. The largest absolute Gasteiger partial charge is 0.295 e. The van der Waals surface area contributed by atoms with Crippen molar-refractivity contribution in [3.05, 3.63) is 52.6 Å². The van der Waals surface area contributed by atoms with Gasteiger partial charge in [-0.1, -0.05) is 48.9 Å². The van der Waals surface area contributed by atoms with Gasteiger partial charge >= 0.3 is 0 Å². The van der Waals surface area contributed by atoms with Gasteiger partial charge in [0, 0.05) is 0 Å². The quantitative estimate of drug-likeness (QED) is 0.373. The van der Waals surface area contributed by atoms with Crippen LogP contribution in [0.15, 0.2) is 30.3 Å². The summed E-state index contributed by atoms with van der Waals surface area (Å²) in [6.07, 6.45) is 0.397. The van der Waals surface area contributed by atoms with Crippen LogP contribution in [0.2, 0.25) is 0 Å². The Hall–Kier alpha value is -1.51. The summed E-state index contributed by atoms with van der Waals surface area (Å²) in [5.41, 5.74) is 0.962. The van der Waals surface area contributed by atoms with E-state index in [-0.39, 0.29) is 0 Å². The first kappa shape index (κ1) is 7.60. The number of rotatable bonds is 3. The normalized spacial score (nSPS) is 9.09. The molecule has 0 heterocycles. The molecule has 0 aliphatic heterocycles. The van der Waals surface area contributed by atoms with Crippen molar-refractivity contribution in [3.63, 3.8) is 0 Å². The third-order valence-corrected chi connectivity index (χ3v) is 1.32. The molecule has 1 aromatic rings. The summed E-state index contributed by atoms with van der Waals surface area (Å²) in [5.74, 6) is 0. The Morgan fingerprint density at radius 2 is 2.00 bits per heavy atom. The average Bonchev–Trinajstić information content (AvgIpc) is 2.03. The molecule has 0 saturated carbocycles. The summed E-state index contributed by atoms with van der Waals surface area (Å²) in [7, 11) is 0. The van der Waals surface area contributed by atoms with Crippen LogP contribution in [-0.2, 0) is 6.42 Å². The lowest BCUT2D eigenvalue weighted by molar-refractivity contribution is -0.436. The van der Waals surface area contributed by atoms with E-state index in [1.807, 2.05) is 30.3 Å². The van der Waals surface area contributed by atoms with Crippen LogP contribution in [0.1, 0.15) is 5.56 Å². The Morgan fingerprint density at radius 1 is 1.36 bits per heavy atom. The Balaban J connectivity index is 2.45. The van der Waals surface area contributed by atoms with Crippen molar-refractivity contribution in [3.8, 4) is 0 Å². The lowest BCUT2D eigenvalue weighted by Gasteiger charge is -2.03. The highest BCUT2D eigenvalue weighted by Gasteiger charge is 1.86. The second kappa shape index (κ2) is 3.61. The third kappa shape index (κ3) is 2.71. The molecule has 0 radical (unpaired) electrons. The van der Waals surface area contributed by atoms with Gasteiger partial charge in [0.25, 0.3) is 0 Å². The maximum atomic E-state index is 9.92. The van der Waals surface area contributed by atoms with Gasteiger partial charge in [0.15, 0.2) is 0 Å². The zero-order valence-electron chi connectivity index (χ0n) is 5.93. The van der Waals surface area contributed by atoms with Crippen molar-refractivity contribution >= 4 is 0 Å².